The first-order valence-corrected chi connectivity index (χ1v) is 11.2. The first-order chi connectivity index (χ1) is 15.6. The lowest BCUT2D eigenvalue weighted by Gasteiger charge is -2.12. The minimum Gasteiger partial charge on any atom is -0.338 e. The first-order valence-electron chi connectivity index (χ1n) is 9.89. The molecule has 0 aliphatic rings. The second-order valence-corrected chi connectivity index (χ2v) is 8.57. The number of fused-ring (bicyclic) bond motifs is 1. The summed E-state index contributed by atoms with van der Waals surface area (Å²) >= 11 is 7.32. The number of hydrogen-bond donors (Lipinski definition) is 0. The molecule has 6 nitrogen and oxygen atoms in total. The summed E-state index contributed by atoms with van der Waals surface area (Å²) in [7, 11) is 0. The lowest BCUT2D eigenvalue weighted by atomic mass is 10.2. The van der Waals surface area contributed by atoms with E-state index in [4.69, 9.17) is 21.1 Å². The molecule has 0 saturated heterocycles. The van der Waals surface area contributed by atoms with E-state index in [1.807, 2.05) is 61.5 Å². The average molecular weight is 461 g/mol. The van der Waals surface area contributed by atoms with Crippen LogP contribution in [-0.4, -0.2) is 19.7 Å². The number of aryl methyl sites for hydroxylation is 1. The summed E-state index contributed by atoms with van der Waals surface area (Å²) in [6.45, 7) is 2.01. The summed E-state index contributed by atoms with van der Waals surface area (Å²) in [5, 5.41) is 5.83. The van der Waals surface area contributed by atoms with Gasteiger partial charge in [0, 0.05) is 10.6 Å². The third-order valence-corrected chi connectivity index (χ3v) is 6.11. The van der Waals surface area contributed by atoms with Gasteiger partial charge in [0.15, 0.2) is 5.16 Å². The highest BCUT2D eigenvalue weighted by Gasteiger charge is 2.15. The Morgan fingerprint density at radius 2 is 1.72 bits per heavy atom. The molecule has 5 aromatic rings. The summed E-state index contributed by atoms with van der Waals surface area (Å²) in [4.78, 5) is 22.5. The summed E-state index contributed by atoms with van der Waals surface area (Å²) in [6, 6.07) is 22.4. The van der Waals surface area contributed by atoms with Crippen molar-refractivity contribution < 1.29 is 4.52 Å². The van der Waals surface area contributed by atoms with Crippen molar-refractivity contribution in [2.45, 2.75) is 17.8 Å². The lowest BCUT2D eigenvalue weighted by Crippen LogP contribution is -2.21. The normalized spacial score (nSPS) is 11.2. The predicted molar refractivity (Wildman–Crippen MR) is 126 cm³/mol. The SMILES string of the molecule is Cc1ccc(-n2c(SCc3nc(-c4ccc(Cl)cc4)no3)nc3ccccc3c2=O)cc1. The topological polar surface area (TPSA) is 73.8 Å². The van der Waals surface area contributed by atoms with E-state index in [0.29, 0.717) is 38.5 Å². The van der Waals surface area contributed by atoms with Crippen molar-refractivity contribution in [2.24, 2.45) is 0 Å². The number of rotatable bonds is 5. The van der Waals surface area contributed by atoms with Crippen LogP contribution in [0, 0.1) is 6.92 Å². The minimum absolute atomic E-state index is 0.116. The highest BCUT2D eigenvalue weighted by atomic mass is 35.5. The van der Waals surface area contributed by atoms with Gasteiger partial charge in [-0.3, -0.25) is 9.36 Å². The van der Waals surface area contributed by atoms with Crippen molar-refractivity contribution >= 4 is 34.3 Å². The molecule has 0 atom stereocenters. The van der Waals surface area contributed by atoms with Gasteiger partial charge >= 0.3 is 0 Å². The van der Waals surface area contributed by atoms with Gasteiger partial charge in [0.05, 0.1) is 22.3 Å². The molecule has 2 heterocycles. The Balaban J connectivity index is 1.50. The highest BCUT2D eigenvalue weighted by Crippen LogP contribution is 2.26. The van der Waals surface area contributed by atoms with E-state index in [1.165, 1.54) is 11.8 Å². The molecular weight excluding hydrogens is 444 g/mol. The van der Waals surface area contributed by atoms with Gasteiger partial charge in [0.2, 0.25) is 11.7 Å². The first kappa shape index (κ1) is 20.5. The standard InChI is InChI=1S/C24H17ClN4O2S/c1-15-6-12-18(13-7-15)29-23(30)19-4-2-3-5-20(19)26-24(29)32-14-21-27-22(28-31-21)16-8-10-17(25)11-9-16/h2-13H,14H2,1H3. The molecule has 0 amide bonds. The molecule has 0 aliphatic heterocycles. The average Bonchev–Trinajstić information content (AvgIpc) is 3.28. The fraction of sp³-hybridized carbons (Fsp3) is 0.0833. The number of aromatic nitrogens is 4. The Kier molecular flexibility index (Phi) is 5.51. The molecule has 0 N–H and O–H groups in total. The van der Waals surface area contributed by atoms with Crippen LogP contribution in [0.15, 0.2) is 87.3 Å². The number of para-hydroxylation sites is 1. The predicted octanol–water partition coefficient (Wildman–Crippen LogP) is 5.69. The zero-order chi connectivity index (χ0) is 22.1. The third kappa shape index (κ3) is 4.04. The quantitative estimate of drug-likeness (QED) is 0.248. The maximum Gasteiger partial charge on any atom is 0.266 e. The maximum absolute atomic E-state index is 13.3. The van der Waals surface area contributed by atoms with Crippen LogP contribution in [0.25, 0.3) is 28.0 Å². The molecule has 158 valence electrons. The van der Waals surface area contributed by atoms with Crippen molar-refractivity contribution in [3.05, 3.63) is 99.6 Å². The van der Waals surface area contributed by atoms with Gasteiger partial charge in [-0.15, -0.1) is 0 Å². The van der Waals surface area contributed by atoms with E-state index in [-0.39, 0.29) is 5.56 Å². The Morgan fingerprint density at radius 3 is 2.50 bits per heavy atom. The minimum atomic E-state index is -0.116. The molecule has 0 fully saturated rings. The molecule has 8 heteroatoms. The van der Waals surface area contributed by atoms with Crippen LogP contribution in [0.2, 0.25) is 5.02 Å². The van der Waals surface area contributed by atoms with Gasteiger partial charge in [-0.05, 0) is 55.5 Å². The van der Waals surface area contributed by atoms with E-state index in [2.05, 4.69) is 10.1 Å². The summed E-state index contributed by atoms with van der Waals surface area (Å²) < 4.78 is 7.05. The third-order valence-electron chi connectivity index (χ3n) is 4.93. The molecule has 0 bridgehead atoms. The maximum atomic E-state index is 13.3. The molecule has 0 unspecified atom stereocenters. The van der Waals surface area contributed by atoms with Gasteiger partial charge in [0.25, 0.3) is 5.56 Å². The van der Waals surface area contributed by atoms with Gasteiger partial charge in [-0.25, -0.2) is 4.98 Å². The molecule has 2 aromatic heterocycles. The van der Waals surface area contributed by atoms with Crippen LogP contribution in [0.3, 0.4) is 0 Å². The van der Waals surface area contributed by atoms with Gasteiger partial charge in [-0.2, -0.15) is 4.98 Å². The van der Waals surface area contributed by atoms with Crippen molar-refractivity contribution in [3.8, 4) is 17.1 Å². The van der Waals surface area contributed by atoms with Crippen LogP contribution in [0.1, 0.15) is 11.5 Å². The fourth-order valence-corrected chi connectivity index (χ4v) is 4.26. The van der Waals surface area contributed by atoms with Crippen LogP contribution >= 0.6 is 23.4 Å². The lowest BCUT2D eigenvalue weighted by molar-refractivity contribution is 0.391. The summed E-state index contributed by atoms with van der Waals surface area (Å²) in [5.74, 6) is 1.30. The smallest absolute Gasteiger partial charge is 0.266 e. The van der Waals surface area contributed by atoms with Crippen LogP contribution < -0.4 is 5.56 Å². The van der Waals surface area contributed by atoms with E-state index < -0.39 is 0 Å². The van der Waals surface area contributed by atoms with Gasteiger partial charge in [0.1, 0.15) is 0 Å². The molecule has 0 radical (unpaired) electrons. The molecule has 5 rings (SSSR count). The highest BCUT2D eigenvalue weighted by molar-refractivity contribution is 7.98. The van der Waals surface area contributed by atoms with E-state index >= 15 is 0 Å². The second-order valence-electron chi connectivity index (χ2n) is 7.19. The monoisotopic (exact) mass is 460 g/mol. The number of halogens is 1. The van der Waals surface area contributed by atoms with Crippen LogP contribution in [0.4, 0.5) is 0 Å². The number of thioether (sulfide) groups is 1. The summed E-state index contributed by atoms with van der Waals surface area (Å²) in [6.07, 6.45) is 0. The Morgan fingerprint density at radius 1 is 0.969 bits per heavy atom. The Labute approximate surface area is 192 Å². The van der Waals surface area contributed by atoms with Crippen molar-refractivity contribution in [1.82, 2.24) is 19.7 Å². The molecule has 3 aromatic carbocycles. The Hall–Kier alpha value is -3.42. The molecule has 0 saturated carbocycles. The van der Waals surface area contributed by atoms with Gasteiger partial charge in [-0.1, -0.05) is 58.3 Å². The van der Waals surface area contributed by atoms with Crippen LogP contribution in [-0.2, 0) is 5.75 Å². The second kappa shape index (κ2) is 8.61. The Bertz CT molecular complexity index is 1460. The van der Waals surface area contributed by atoms with Crippen molar-refractivity contribution in [1.29, 1.82) is 0 Å². The van der Waals surface area contributed by atoms with Gasteiger partial charge < -0.3 is 4.52 Å². The molecular formula is C24H17ClN4O2S. The van der Waals surface area contributed by atoms with Crippen LogP contribution in [0.5, 0.6) is 0 Å². The number of benzene rings is 3. The van der Waals surface area contributed by atoms with E-state index in [0.717, 1.165) is 16.8 Å². The zero-order valence-electron chi connectivity index (χ0n) is 17.0. The zero-order valence-corrected chi connectivity index (χ0v) is 18.6. The van der Waals surface area contributed by atoms with E-state index in [9.17, 15) is 4.79 Å². The molecule has 32 heavy (non-hydrogen) atoms. The van der Waals surface area contributed by atoms with Crippen molar-refractivity contribution in [2.75, 3.05) is 0 Å². The van der Waals surface area contributed by atoms with Crippen molar-refractivity contribution in [3.63, 3.8) is 0 Å². The number of hydrogen-bond acceptors (Lipinski definition) is 6. The fourth-order valence-electron chi connectivity index (χ4n) is 3.29. The van der Waals surface area contributed by atoms with E-state index in [1.54, 1.807) is 22.8 Å². The molecule has 0 spiro atoms. The summed E-state index contributed by atoms with van der Waals surface area (Å²) in [5.41, 5.74) is 3.22. The number of nitrogens with zero attached hydrogens (tertiary/aromatic N) is 4. The molecule has 0 aliphatic carbocycles. The largest absolute Gasteiger partial charge is 0.338 e.